The summed E-state index contributed by atoms with van der Waals surface area (Å²) in [6.07, 6.45) is 3.13. The fourth-order valence-corrected chi connectivity index (χ4v) is 2.30. The second kappa shape index (κ2) is 6.92. The van der Waals surface area contributed by atoms with Crippen LogP contribution in [-0.4, -0.2) is 22.2 Å². The molecule has 0 aliphatic carbocycles. The van der Waals surface area contributed by atoms with E-state index in [-0.39, 0.29) is 16.4 Å². The summed E-state index contributed by atoms with van der Waals surface area (Å²) in [5.74, 6) is 0.836. The van der Waals surface area contributed by atoms with E-state index in [1.54, 1.807) is 49.6 Å². The lowest BCUT2D eigenvalue weighted by Gasteiger charge is -1.99. The molecule has 0 spiro atoms. The molecule has 0 amide bonds. The van der Waals surface area contributed by atoms with Gasteiger partial charge >= 0.3 is 0 Å². The lowest BCUT2D eigenvalue weighted by molar-refractivity contribution is 0.415. The Morgan fingerprint density at radius 1 is 0.800 bits per heavy atom. The summed E-state index contributed by atoms with van der Waals surface area (Å²) in [6.45, 7) is 0. The van der Waals surface area contributed by atoms with Crippen LogP contribution in [0.15, 0.2) is 58.1 Å². The summed E-state index contributed by atoms with van der Waals surface area (Å²) in [5.41, 5.74) is 0.635. The molecule has 3 rings (SSSR count). The molecule has 3 N–H and O–H groups in total. The number of phenolic OH excluding ortho intramolecular Hbond substituents is 1. The Morgan fingerprint density at radius 2 is 1.24 bits per heavy atom. The van der Waals surface area contributed by atoms with Crippen molar-refractivity contribution in [1.82, 2.24) is 9.97 Å². The number of H-pyrrole nitrogens is 2. The predicted octanol–water partition coefficient (Wildman–Crippen LogP) is 0.435. The number of ether oxygens (including phenoxy) is 1. The van der Waals surface area contributed by atoms with Crippen LogP contribution in [0.2, 0.25) is 0 Å². The fraction of sp³-hybridized carbons (Fsp3) is 0.0526. The fourth-order valence-electron chi connectivity index (χ4n) is 2.30. The average Bonchev–Trinajstić information content (AvgIpc) is 2.62. The molecule has 0 bridgehead atoms. The largest absolute Gasteiger partial charge is 0.508 e. The first-order valence-corrected chi connectivity index (χ1v) is 7.54. The van der Waals surface area contributed by atoms with Crippen LogP contribution in [0, 0.1) is 0 Å². The first-order valence-electron chi connectivity index (χ1n) is 7.54. The van der Waals surface area contributed by atoms with Crippen molar-refractivity contribution in [3.05, 3.63) is 91.1 Å². The van der Waals surface area contributed by atoms with Crippen molar-refractivity contribution < 1.29 is 9.84 Å². The minimum atomic E-state index is -0.410. The van der Waals surface area contributed by atoms with Crippen molar-refractivity contribution in [1.29, 1.82) is 0 Å². The second-order valence-corrected chi connectivity index (χ2v) is 5.39. The first-order chi connectivity index (χ1) is 12.0. The number of benzene rings is 2. The van der Waals surface area contributed by atoms with Crippen molar-refractivity contribution in [2.75, 3.05) is 7.11 Å². The third-order valence-corrected chi connectivity index (χ3v) is 3.62. The Morgan fingerprint density at radius 3 is 1.68 bits per heavy atom. The quantitative estimate of drug-likeness (QED) is 0.647. The van der Waals surface area contributed by atoms with Gasteiger partial charge in [0.1, 0.15) is 22.2 Å². The number of aromatic amines is 2. The van der Waals surface area contributed by atoms with Crippen LogP contribution < -0.4 is 26.6 Å². The van der Waals surface area contributed by atoms with E-state index in [9.17, 15) is 14.7 Å². The zero-order valence-electron chi connectivity index (χ0n) is 13.4. The highest BCUT2D eigenvalue weighted by atomic mass is 16.5. The Hall–Kier alpha value is -3.54. The lowest BCUT2D eigenvalue weighted by Crippen LogP contribution is -2.46. The summed E-state index contributed by atoms with van der Waals surface area (Å²) >= 11 is 0. The maximum atomic E-state index is 12.2. The van der Waals surface area contributed by atoms with E-state index >= 15 is 0 Å². The highest BCUT2D eigenvalue weighted by molar-refractivity contribution is 5.50. The molecule has 3 aromatic rings. The van der Waals surface area contributed by atoms with Crippen LogP contribution in [-0.2, 0) is 0 Å². The standard InChI is InChI=1S/C19H16N2O4/c1-25-15-8-4-13(5-9-15)11-17-19(24)20-16(18(23)21-17)10-12-2-6-14(22)7-3-12/h2-11,22H,1H3,(H,20,24)(H,21,23). The van der Waals surface area contributed by atoms with Gasteiger partial charge in [0.25, 0.3) is 11.1 Å². The molecular formula is C19H16N2O4. The number of aromatic hydroxyl groups is 1. The summed E-state index contributed by atoms with van der Waals surface area (Å²) in [6, 6.07) is 13.4. The highest BCUT2D eigenvalue weighted by Gasteiger charge is 1.98. The van der Waals surface area contributed by atoms with Crippen LogP contribution >= 0.6 is 0 Å². The molecule has 0 aliphatic heterocycles. The number of phenols is 1. The minimum Gasteiger partial charge on any atom is -0.508 e. The maximum Gasteiger partial charge on any atom is 0.272 e. The van der Waals surface area contributed by atoms with Gasteiger partial charge in [0.2, 0.25) is 0 Å². The number of nitrogens with one attached hydrogen (secondary N) is 2. The molecule has 6 heteroatoms. The van der Waals surface area contributed by atoms with Gasteiger partial charge in [0.05, 0.1) is 7.11 Å². The van der Waals surface area contributed by atoms with E-state index in [2.05, 4.69) is 9.97 Å². The van der Waals surface area contributed by atoms with Gasteiger partial charge in [-0.05, 0) is 47.5 Å². The van der Waals surface area contributed by atoms with Crippen molar-refractivity contribution in [3.8, 4) is 11.5 Å². The molecule has 126 valence electrons. The van der Waals surface area contributed by atoms with Gasteiger partial charge in [-0.3, -0.25) is 9.59 Å². The van der Waals surface area contributed by atoms with Gasteiger partial charge in [-0.2, -0.15) is 0 Å². The van der Waals surface area contributed by atoms with Crippen LogP contribution in [0.25, 0.3) is 12.2 Å². The number of methoxy groups -OCH3 is 1. The Kier molecular flexibility index (Phi) is 4.52. The normalized spacial score (nSPS) is 12.4. The van der Waals surface area contributed by atoms with Crippen LogP contribution in [0.3, 0.4) is 0 Å². The molecule has 0 saturated heterocycles. The average molecular weight is 336 g/mol. The van der Waals surface area contributed by atoms with E-state index in [0.717, 1.165) is 5.56 Å². The van der Waals surface area contributed by atoms with Gasteiger partial charge in [-0.15, -0.1) is 0 Å². The van der Waals surface area contributed by atoms with Crippen LogP contribution in [0.5, 0.6) is 11.5 Å². The van der Waals surface area contributed by atoms with Crippen LogP contribution in [0.4, 0.5) is 0 Å². The molecule has 0 unspecified atom stereocenters. The van der Waals surface area contributed by atoms with Crippen LogP contribution in [0.1, 0.15) is 11.1 Å². The first kappa shape index (κ1) is 16.3. The molecule has 25 heavy (non-hydrogen) atoms. The van der Waals surface area contributed by atoms with Crippen molar-refractivity contribution in [2.24, 2.45) is 0 Å². The Labute approximate surface area is 142 Å². The Balaban J connectivity index is 2.05. The van der Waals surface area contributed by atoms with Gasteiger partial charge in [0.15, 0.2) is 0 Å². The van der Waals surface area contributed by atoms with Crippen molar-refractivity contribution >= 4 is 12.2 Å². The van der Waals surface area contributed by atoms with E-state index in [0.29, 0.717) is 11.3 Å². The molecule has 0 fully saturated rings. The number of rotatable bonds is 3. The highest BCUT2D eigenvalue weighted by Crippen LogP contribution is 2.11. The van der Waals surface area contributed by atoms with E-state index < -0.39 is 11.1 Å². The number of aromatic nitrogens is 2. The summed E-state index contributed by atoms with van der Waals surface area (Å²) < 4.78 is 5.08. The maximum absolute atomic E-state index is 12.2. The summed E-state index contributed by atoms with van der Waals surface area (Å²) in [7, 11) is 1.57. The molecule has 0 saturated carbocycles. The third-order valence-electron chi connectivity index (χ3n) is 3.62. The van der Waals surface area contributed by atoms with Gasteiger partial charge in [-0.25, -0.2) is 0 Å². The molecule has 1 aromatic heterocycles. The molecule has 1 heterocycles. The van der Waals surface area contributed by atoms with Crippen molar-refractivity contribution in [3.63, 3.8) is 0 Å². The van der Waals surface area contributed by atoms with E-state index in [1.807, 2.05) is 0 Å². The van der Waals surface area contributed by atoms with Crippen molar-refractivity contribution in [2.45, 2.75) is 0 Å². The molecule has 0 radical (unpaired) electrons. The summed E-state index contributed by atoms with van der Waals surface area (Å²) in [5, 5.41) is 9.59. The molecule has 2 aromatic carbocycles. The topological polar surface area (TPSA) is 95.2 Å². The number of hydrogen-bond acceptors (Lipinski definition) is 4. The Bertz CT molecular complexity index is 1110. The van der Waals surface area contributed by atoms with Gasteiger partial charge in [-0.1, -0.05) is 24.3 Å². The summed E-state index contributed by atoms with van der Waals surface area (Å²) in [4.78, 5) is 29.6. The zero-order chi connectivity index (χ0) is 17.8. The van der Waals surface area contributed by atoms with E-state index in [1.165, 1.54) is 18.2 Å². The zero-order valence-corrected chi connectivity index (χ0v) is 13.4. The SMILES string of the molecule is COc1ccc(C=c2[nH]c(=O)c(=Cc3ccc(O)cc3)[nH]c2=O)cc1. The second-order valence-electron chi connectivity index (χ2n) is 5.39. The molecular weight excluding hydrogens is 320 g/mol. The molecule has 0 aliphatic rings. The minimum absolute atomic E-state index is 0.129. The predicted molar refractivity (Wildman–Crippen MR) is 95.2 cm³/mol. The monoisotopic (exact) mass is 336 g/mol. The molecule has 6 nitrogen and oxygen atoms in total. The molecule has 0 atom stereocenters. The van der Waals surface area contributed by atoms with Gasteiger partial charge < -0.3 is 19.8 Å². The smallest absolute Gasteiger partial charge is 0.272 e. The third kappa shape index (κ3) is 3.87. The van der Waals surface area contributed by atoms with E-state index in [4.69, 9.17) is 4.74 Å². The lowest BCUT2D eigenvalue weighted by atomic mass is 10.2. The number of hydrogen-bond donors (Lipinski definition) is 3. The van der Waals surface area contributed by atoms with Gasteiger partial charge in [0, 0.05) is 0 Å².